The van der Waals surface area contributed by atoms with Crippen LogP contribution in [0, 0.1) is 11.8 Å². The molecule has 1 atom stereocenters. The van der Waals surface area contributed by atoms with E-state index in [4.69, 9.17) is 0 Å². The highest BCUT2D eigenvalue weighted by Crippen LogP contribution is 2.31. The third-order valence-electron chi connectivity index (χ3n) is 5.59. The Morgan fingerprint density at radius 3 is 2.55 bits per heavy atom. The first-order chi connectivity index (χ1) is 13.9. The van der Waals surface area contributed by atoms with E-state index in [0.29, 0.717) is 43.2 Å². The molecule has 3 heterocycles. The second kappa shape index (κ2) is 7.91. The van der Waals surface area contributed by atoms with Crippen LogP contribution in [0.3, 0.4) is 0 Å². The molecule has 2 aliphatic heterocycles. The summed E-state index contributed by atoms with van der Waals surface area (Å²) in [5, 5.41) is 5.26. The van der Waals surface area contributed by atoms with Gasteiger partial charge in [0.25, 0.3) is 10.0 Å². The lowest BCUT2D eigenvalue weighted by atomic mass is 9.93. The monoisotopic (exact) mass is 431 g/mol. The van der Waals surface area contributed by atoms with Gasteiger partial charge >= 0.3 is 0 Å². The number of amides is 1. The van der Waals surface area contributed by atoms with Crippen molar-refractivity contribution in [2.75, 3.05) is 13.1 Å². The molecular formula is C21H25N3O3S2. The Labute approximate surface area is 175 Å². The number of carbonyl (C=O) groups is 1. The number of hydrogen-bond acceptors (Lipinski definition) is 5. The molecule has 1 N–H and O–H groups in total. The summed E-state index contributed by atoms with van der Waals surface area (Å²) in [6.45, 7) is 5.46. The molecule has 4 rings (SSSR count). The standard InChI is InChI=1S/C21H25N3O3S2/c1-14(2)19(17-7-5-13-28-17)22-21(25)15-9-11-24(12-10-15)20-16-6-3-4-8-18(16)29(26,27)23-20/h3-8,13-15,19H,9-12H2,1-2H3,(H,22,25). The lowest BCUT2D eigenvalue weighted by Crippen LogP contribution is -2.44. The third kappa shape index (κ3) is 3.96. The van der Waals surface area contributed by atoms with Crippen LogP contribution in [0.5, 0.6) is 0 Å². The number of rotatable bonds is 4. The number of nitrogens with zero attached hydrogens (tertiary/aromatic N) is 2. The number of thiophene rings is 1. The van der Waals surface area contributed by atoms with Crippen molar-refractivity contribution in [1.82, 2.24) is 10.2 Å². The number of likely N-dealkylation sites (tertiary alicyclic amines) is 1. The highest BCUT2D eigenvalue weighted by atomic mass is 32.2. The van der Waals surface area contributed by atoms with Crippen LogP contribution in [0.4, 0.5) is 0 Å². The molecule has 1 aromatic heterocycles. The van der Waals surface area contributed by atoms with Crippen molar-refractivity contribution in [3.8, 4) is 0 Å². The highest BCUT2D eigenvalue weighted by Gasteiger charge is 2.35. The van der Waals surface area contributed by atoms with Crippen molar-refractivity contribution in [2.45, 2.75) is 37.6 Å². The van der Waals surface area contributed by atoms with E-state index in [9.17, 15) is 13.2 Å². The molecule has 0 radical (unpaired) electrons. The number of carbonyl (C=O) groups excluding carboxylic acids is 1. The van der Waals surface area contributed by atoms with Crippen LogP contribution in [0.15, 0.2) is 51.1 Å². The normalized spacial score (nSPS) is 19.7. The molecule has 2 aromatic rings. The van der Waals surface area contributed by atoms with Gasteiger partial charge < -0.3 is 10.2 Å². The van der Waals surface area contributed by atoms with E-state index in [1.807, 2.05) is 22.4 Å². The zero-order valence-electron chi connectivity index (χ0n) is 16.5. The van der Waals surface area contributed by atoms with Crippen molar-refractivity contribution in [3.05, 3.63) is 52.2 Å². The number of nitrogens with one attached hydrogen (secondary N) is 1. The summed E-state index contributed by atoms with van der Waals surface area (Å²) in [5.41, 5.74) is 0.660. The van der Waals surface area contributed by atoms with E-state index < -0.39 is 10.0 Å². The van der Waals surface area contributed by atoms with Crippen LogP contribution >= 0.6 is 11.3 Å². The molecular weight excluding hydrogens is 406 g/mol. The van der Waals surface area contributed by atoms with Crippen LogP contribution in [0.1, 0.15) is 43.2 Å². The summed E-state index contributed by atoms with van der Waals surface area (Å²) >= 11 is 1.66. The Balaban J connectivity index is 1.42. The Morgan fingerprint density at radius 1 is 1.17 bits per heavy atom. The topological polar surface area (TPSA) is 78.8 Å². The molecule has 8 heteroatoms. The molecule has 0 aliphatic carbocycles. The van der Waals surface area contributed by atoms with E-state index in [2.05, 4.69) is 29.6 Å². The highest BCUT2D eigenvalue weighted by molar-refractivity contribution is 7.90. The molecule has 1 saturated heterocycles. The average Bonchev–Trinajstić information content (AvgIpc) is 3.33. The average molecular weight is 432 g/mol. The molecule has 1 unspecified atom stereocenters. The minimum atomic E-state index is -3.62. The van der Waals surface area contributed by atoms with E-state index >= 15 is 0 Å². The molecule has 29 heavy (non-hydrogen) atoms. The molecule has 154 valence electrons. The first-order valence-electron chi connectivity index (χ1n) is 9.90. The van der Waals surface area contributed by atoms with Gasteiger partial charge in [0.2, 0.25) is 5.91 Å². The lowest BCUT2D eigenvalue weighted by molar-refractivity contribution is -0.127. The van der Waals surface area contributed by atoms with Crippen LogP contribution < -0.4 is 5.32 Å². The van der Waals surface area contributed by atoms with Crippen molar-refractivity contribution < 1.29 is 13.2 Å². The summed E-state index contributed by atoms with van der Waals surface area (Å²) in [6.07, 6.45) is 1.37. The van der Waals surface area contributed by atoms with Crippen molar-refractivity contribution in [3.63, 3.8) is 0 Å². The molecule has 6 nitrogen and oxygen atoms in total. The van der Waals surface area contributed by atoms with E-state index in [-0.39, 0.29) is 22.8 Å². The van der Waals surface area contributed by atoms with E-state index in [1.165, 1.54) is 4.88 Å². The summed E-state index contributed by atoms with van der Waals surface area (Å²) in [6, 6.07) is 11.0. The Kier molecular flexibility index (Phi) is 5.48. The predicted molar refractivity (Wildman–Crippen MR) is 115 cm³/mol. The molecule has 1 aromatic carbocycles. The Bertz CT molecular complexity index is 1020. The van der Waals surface area contributed by atoms with Gasteiger partial charge in [-0.15, -0.1) is 15.7 Å². The van der Waals surface area contributed by atoms with Crippen LogP contribution in [-0.4, -0.2) is 38.2 Å². The number of sulfonamides is 1. The number of amidine groups is 1. The van der Waals surface area contributed by atoms with Gasteiger partial charge in [0, 0.05) is 29.4 Å². The summed E-state index contributed by atoms with van der Waals surface area (Å²) in [4.78, 5) is 16.3. The Morgan fingerprint density at radius 2 is 1.90 bits per heavy atom. The maximum Gasteiger partial charge on any atom is 0.285 e. The summed E-state index contributed by atoms with van der Waals surface area (Å²) in [7, 11) is -3.62. The van der Waals surface area contributed by atoms with Crippen LogP contribution in [0.2, 0.25) is 0 Å². The first kappa shape index (κ1) is 20.1. The van der Waals surface area contributed by atoms with Gasteiger partial charge in [-0.1, -0.05) is 32.0 Å². The molecule has 0 saturated carbocycles. The van der Waals surface area contributed by atoms with Gasteiger partial charge in [0.15, 0.2) is 5.84 Å². The van der Waals surface area contributed by atoms with Crippen molar-refractivity contribution in [2.24, 2.45) is 16.2 Å². The quantitative estimate of drug-likeness (QED) is 0.805. The number of fused-ring (bicyclic) bond motifs is 1. The third-order valence-corrected chi connectivity index (χ3v) is 7.87. The fourth-order valence-corrected chi connectivity index (χ4v) is 6.15. The van der Waals surface area contributed by atoms with Gasteiger partial charge in [-0.25, -0.2) is 0 Å². The number of hydrogen-bond donors (Lipinski definition) is 1. The van der Waals surface area contributed by atoms with Crippen LogP contribution in [-0.2, 0) is 14.8 Å². The lowest BCUT2D eigenvalue weighted by Gasteiger charge is -2.33. The van der Waals surface area contributed by atoms with Gasteiger partial charge in [-0.3, -0.25) is 4.79 Å². The first-order valence-corrected chi connectivity index (χ1v) is 12.2. The van der Waals surface area contributed by atoms with Gasteiger partial charge in [0.05, 0.1) is 6.04 Å². The second-order valence-electron chi connectivity index (χ2n) is 7.89. The minimum absolute atomic E-state index is 0.0248. The zero-order valence-corrected chi connectivity index (χ0v) is 18.2. The summed E-state index contributed by atoms with van der Waals surface area (Å²) in [5.74, 6) is 0.838. The van der Waals surface area contributed by atoms with Crippen molar-refractivity contribution in [1.29, 1.82) is 0 Å². The minimum Gasteiger partial charge on any atom is -0.355 e. The molecule has 2 aliphatic rings. The van der Waals surface area contributed by atoms with E-state index in [1.54, 1.807) is 29.5 Å². The molecule has 1 amide bonds. The van der Waals surface area contributed by atoms with Crippen LogP contribution in [0.25, 0.3) is 0 Å². The van der Waals surface area contributed by atoms with Gasteiger partial charge in [0.1, 0.15) is 4.90 Å². The fourth-order valence-electron chi connectivity index (χ4n) is 3.98. The maximum absolute atomic E-state index is 12.9. The van der Waals surface area contributed by atoms with E-state index in [0.717, 1.165) is 0 Å². The maximum atomic E-state index is 12.9. The number of benzene rings is 1. The zero-order chi connectivity index (χ0) is 20.6. The summed E-state index contributed by atoms with van der Waals surface area (Å²) < 4.78 is 28.6. The largest absolute Gasteiger partial charge is 0.355 e. The van der Waals surface area contributed by atoms with Crippen molar-refractivity contribution >= 4 is 33.1 Å². The van der Waals surface area contributed by atoms with Gasteiger partial charge in [-0.05, 0) is 42.3 Å². The number of piperidine rings is 1. The Hall–Kier alpha value is -2.19. The van der Waals surface area contributed by atoms with Gasteiger partial charge in [-0.2, -0.15) is 8.42 Å². The predicted octanol–water partition coefficient (Wildman–Crippen LogP) is 3.42. The fraction of sp³-hybridized carbons (Fsp3) is 0.429. The molecule has 0 bridgehead atoms. The smallest absolute Gasteiger partial charge is 0.285 e. The SMILES string of the molecule is CC(C)C(NC(=O)C1CCN(C2=NS(=O)(=O)c3ccccc32)CC1)c1cccs1. The molecule has 1 fully saturated rings. The molecule has 0 spiro atoms. The second-order valence-corrected chi connectivity index (χ2v) is 10.4.